The Bertz CT molecular complexity index is 525. The molecular weight excluding hydrogens is 266 g/mol. The molecule has 0 saturated heterocycles. The molecule has 0 spiro atoms. The smallest absolute Gasteiger partial charge is 0.226 e. The van der Waals surface area contributed by atoms with Gasteiger partial charge < -0.3 is 4.74 Å². The fraction of sp³-hybridized carbons (Fsp3) is 0.529. The fourth-order valence-corrected chi connectivity index (χ4v) is 3.12. The maximum atomic E-state index is 11.5. The van der Waals surface area contributed by atoms with E-state index in [-0.39, 0.29) is 11.8 Å². The molecule has 4 heteroatoms. The molecule has 1 aliphatic rings. The van der Waals surface area contributed by atoms with Crippen LogP contribution in [0.15, 0.2) is 18.2 Å². The van der Waals surface area contributed by atoms with Gasteiger partial charge in [-0.2, -0.15) is 0 Å². The van der Waals surface area contributed by atoms with Gasteiger partial charge in [0.1, 0.15) is 5.75 Å². The minimum Gasteiger partial charge on any atom is -0.497 e. The molecule has 0 bridgehead atoms. The lowest BCUT2D eigenvalue weighted by Crippen LogP contribution is -2.35. The summed E-state index contributed by atoms with van der Waals surface area (Å²) < 4.78 is 5.31. The number of hydrogen-bond acceptors (Lipinski definition) is 3. The van der Waals surface area contributed by atoms with Gasteiger partial charge in [-0.3, -0.25) is 14.5 Å². The van der Waals surface area contributed by atoms with Crippen LogP contribution in [0.2, 0.25) is 0 Å². The fourth-order valence-electron chi connectivity index (χ4n) is 3.12. The highest BCUT2D eigenvalue weighted by Gasteiger charge is 2.23. The summed E-state index contributed by atoms with van der Waals surface area (Å²) in [5.74, 6) is 0.911. The van der Waals surface area contributed by atoms with Crippen LogP contribution >= 0.6 is 0 Å². The molecule has 0 heterocycles. The predicted molar refractivity (Wildman–Crippen MR) is 81.4 cm³/mol. The maximum absolute atomic E-state index is 11.5. The molecule has 0 aliphatic heterocycles. The third-order valence-corrected chi connectivity index (χ3v) is 4.25. The molecule has 2 amide bonds. The highest BCUT2D eigenvalue weighted by Crippen LogP contribution is 2.36. The zero-order chi connectivity index (χ0) is 15.4. The number of aryl methyl sites for hydroxylation is 1. The van der Waals surface area contributed by atoms with Gasteiger partial charge in [0.05, 0.1) is 7.11 Å². The van der Waals surface area contributed by atoms with Gasteiger partial charge in [0.2, 0.25) is 11.8 Å². The van der Waals surface area contributed by atoms with Gasteiger partial charge in [-0.15, -0.1) is 0 Å². The number of nitrogens with zero attached hydrogens (tertiary/aromatic N) is 1. The van der Waals surface area contributed by atoms with Crippen LogP contribution in [0.1, 0.15) is 50.2 Å². The molecule has 114 valence electrons. The molecule has 2 rings (SSSR count). The van der Waals surface area contributed by atoms with Gasteiger partial charge in [-0.25, -0.2) is 0 Å². The Morgan fingerprint density at radius 1 is 1.29 bits per heavy atom. The van der Waals surface area contributed by atoms with Crippen molar-refractivity contribution in [3.8, 4) is 5.75 Å². The number of ether oxygens (including phenoxy) is 1. The average molecular weight is 289 g/mol. The molecule has 1 aromatic rings. The van der Waals surface area contributed by atoms with Gasteiger partial charge in [0.25, 0.3) is 0 Å². The van der Waals surface area contributed by atoms with Crippen LogP contribution in [-0.2, 0) is 16.0 Å². The van der Waals surface area contributed by atoms with Crippen LogP contribution in [0.4, 0.5) is 0 Å². The van der Waals surface area contributed by atoms with Crippen molar-refractivity contribution in [2.45, 2.75) is 45.4 Å². The SMILES string of the molecule is COc1ccc2c(c1)C(CCN(C(C)=O)C(C)=O)CCC2. The third kappa shape index (κ3) is 3.63. The maximum Gasteiger partial charge on any atom is 0.226 e. The summed E-state index contributed by atoms with van der Waals surface area (Å²) in [5, 5.41) is 0. The molecular formula is C17H23NO3. The first kappa shape index (κ1) is 15.5. The highest BCUT2D eigenvalue weighted by atomic mass is 16.5. The van der Waals surface area contributed by atoms with E-state index >= 15 is 0 Å². The third-order valence-electron chi connectivity index (χ3n) is 4.25. The standard InChI is InChI=1S/C17H23NO3/c1-12(19)18(13(2)20)10-9-15-6-4-5-14-7-8-16(21-3)11-17(14)15/h7-8,11,15H,4-6,9-10H2,1-3H3. The van der Waals surface area contributed by atoms with Crippen molar-refractivity contribution in [2.75, 3.05) is 13.7 Å². The van der Waals surface area contributed by atoms with E-state index in [4.69, 9.17) is 4.74 Å². The van der Waals surface area contributed by atoms with E-state index in [0.29, 0.717) is 12.5 Å². The summed E-state index contributed by atoms with van der Waals surface area (Å²) in [6.45, 7) is 3.38. The van der Waals surface area contributed by atoms with Crippen LogP contribution < -0.4 is 4.74 Å². The second kappa shape index (κ2) is 6.74. The Hall–Kier alpha value is -1.84. The number of hydrogen-bond donors (Lipinski definition) is 0. The molecule has 1 atom stereocenters. The summed E-state index contributed by atoms with van der Waals surface area (Å²) in [4.78, 5) is 24.3. The Labute approximate surface area is 126 Å². The zero-order valence-electron chi connectivity index (χ0n) is 13.0. The Morgan fingerprint density at radius 2 is 2.00 bits per heavy atom. The molecule has 21 heavy (non-hydrogen) atoms. The van der Waals surface area contributed by atoms with Gasteiger partial charge in [-0.05, 0) is 54.9 Å². The summed E-state index contributed by atoms with van der Waals surface area (Å²) in [7, 11) is 1.67. The lowest BCUT2D eigenvalue weighted by Gasteiger charge is -2.28. The Kier molecular flexibility index (Phi) is 4.99. The number of benzene rings is 1. The summed E-state index contributed by atoms with van der Waals surface area (Å²) in [6.07, 6.45) is 4.17. The Morgan fingerprint density at radius 3 is 2.62 bits per heavy atom. The summed E-state index contributed by atoms with van der Waals surface area (Å²) in [6, 6.07) is 6.23. The van der Waals surface area contributed by atoms with E-state index < -0.39 is 0 Å². The first-order valence-electron chi connectivity index (χ1n) is 7.48. The molecule has 0 saturated carbocycles. The lowest BCUT2D eigenvalue weighted by atomic mass is 9.81. The molecule has 1 aliphatic carbocycles. The van der Waals surface area contributed by atoms with Crippen LogP contribution in [0, 0.1) is 0 Å². The summed E-state index contributed by atoms with van der Waals surface area (Å²) >= 11 is 0. The number of rotatable bonds is 4. The molecule has 4 nitrogen and oxygen atoms in total. The number of imide groups is 1. The first-order valence-corrected chi connectivity index (χ1v) is 7.48. The normalized spacial score (nSPS) is 17.0. The molecule has 1 aromatic carbocycles. The van der Waals surface area contributed by atoms with Crippen LogP contribution in [-0.4, -0.2) is 30.4 Å². The molecule has 0 aromatic heterocycles. The van der Waals surface area contributed by atoms with E-state index in [1.54, 1.807) is 7.11 Å². The first-order chi connectivity index (χ1) is 10.0. The zero-order valence-corrected chi connectivity index (χ0v) is 13.0. The topological polar surface area (TPSA) is 46.6 Å². The van der Waals surface area contributed by atoms with Crippen molar-refractivity contribution in [1.82, 2.24) is 4.90 Å². The van der Waals surface area contributed by atoms with E-state index in [9.17, 15) is 9.59 Å². The van der Waals surface area contributed by atoms with E-state index in [1.165, 1.54) is 29.9 Å². The van der Waals surface area contributed by atoms with Gasteiger partial charge >= 0.3 is 0 Å². The number of amides is 2. The molecule has 0 fully saturated rings. The van der Waals surface area contributed by atoms with Crippen molar-refractivity contribution >= 4 is 11.8 Å². The Balaban J connectivity index is 2.12. The quantitative estimate of drug-likeness (QED) is 0.856. The van der Waals surface area contributed by atoms with Crippen LogP contribution in [0.25, 0.3) is 0 Å². The monoisotopic (exact) mass is 289 g/mol. The second-order valence-electron chi connectivity index (χ2n) is 5.63. The number of methoxy groups -OCH3 is 1. The average Bonchev–Trinajstić information content (AvgIpc) is 2.46. The molecule has 1 unspecified atom stereocenters. The van der Waals surface area contributed by atoms with Crippen molar-refractivity contribution in [3.05, 3.63) is 29.3 Å². The predicted octanol–water partition coefficient (Wildman–Crippen LogP) is 2.90. The van der Waals surface area contributed by atoms with E-state index in [1.807, 2.05) is 6.07 Å². The summed E-state index contributed by atoms with van der Waals surface area (Å²) in [5.41, 5.74) is 2.68. The van der Waals surface area contributed by atoms with Crippen molar-refractivity contribution in [2.24, 2.45) is 0 Å². The molecule has 0 N–H and O–H groups in total. The van der Waals surface area contributed by atoms with Crippen LogP contribution in [0.3, 0.4) is 0 Å². The minimum absolute atomic E-state index is 0.177. The van der Waals surface area contributed by atoms with Crippen molar-refractivity contribution in [1.29, 1.82) is 0 Å². The largest absolute Gasteiger partial charge is 0.497 e. The van der Waals surface area contributed by atoms with Crippen molar-refractivity contribution < 1.29 is 14.3 Å². The van der Waals surface area contributed by atoms with Crippen molar-refractivity contribution in [3.63, 3.8) is 0 Å². The van der Waals surface area contributed by atoms with Gasteiger partial charge in [0.15, 0.2) is 0 Å². The van der Waals surface area contributed by atoms with E-state index in [0.717, 1.165) is 31.4 Å². The van der Waals surface area contributed by atoms with Crippen LogP contribution in [0.5, 0.6) is 5.75 Å². The minimum atomic E-state index is -0.177. The van der Waals surface area contributed by atoms with Gasteiger partial charge in [-0.1, -0.05) is 6.07 Å². The van der Waals surface area contributed by atoms with Gasteiger partial charge in [0, 0.05) is 20.4 Å². The number of fused-ring (bicyclic) bond motifs is 1. The molecule has 0 radical (unpaired) electrons. The highest BCUT2D eigenvalue weighted by molar-refractivity contribution is 5.92. The number of carbonyl (C=O) groups excluding carboxylic acids is 2. The lowest BCUT2D eigenvalue weighted by molar-refractivity contribution is -0.142. The van der Waals surface area contributed by atoms with E-state index in [2.05, 4.69) is 12.1 Å². The number of carbonyl (C=O) groups is 2. The second-order valence-corrected chi connectivity index (χ2v) is 5.63.